The van der Waals surface area contributed by atoms with E-state index < -0.39 is 0 Å². The Hall–Kier alpha value is -3.72. The summed E-state index contributed by atoms with van der Waals surface area (Å²) in [6, 6.07) is 17.6. The number of carbonyl (C=O) groups excluding carboxylic acids is 2. The molecule has 6 rings (SSSR count). The summed E-state index contributed by atoms with van der Waals surface area (Å²) in [5, 5.41) is 9.22. The van der Waals surface area contributed by atoms with E-state index in [4.69, 9.17) is 4.98 Å². The van der Waals surface area contributed by atoms with Gasteiger partial charge in [-0.1, -0.05) is 59.9 Å². The van der Waals surface area contributed by atoms with Crippen molar-refractivity contribution >= 4 is 39.2 Å². The third kappa shape index (κ3) is 3.96. The number of anilines is 1. The highest BCUT2D eigenvalue weighted by atomic mass is 32.1. The second-order valence-electron chi connectivity index (χ2n) is 10.9. The Morgan fingerprint density at radius 1 is 1.11 bits per heavy atom. The van der Waals surface area contributed by atoms with E-state index in [1.54, 1.807) is 4.68 Å². The first-order chi connectivity index (χ1) is 18.3. The smallest absolute Gasteiger partial charge is 0.274 e. The molecule has 2 bridgehead atoms. The number of aromatic nitrogens is 3. The van der Waals surface area contributed by atoms with Crippen LogP contribution in [0, 0.1) is 5.92 Å². The number of nitrogens with zero attached hydrogens (tertiary/aromatic N) is 5. The number of carbonyl (C=O) groups is 2. The van der Waals surface area contributed by atoms with E-state index in [9.17, 15) is 9.59 Å². The van der Waals surface area contributed by atoms with Crippen LogP contribution >= 0.6 is 11.3 Å². The molecule has 2 fully saturated rings. The highest BCUT2D eigenvalue weighted by molar-refractivity contribution is 7.19. The van der Waals surface area contributed by atoms with Crippen molar-refractivity contribution in [3.63, 3.8) is 0 Å². The van der Waals surface area contributed by atoms with Crippen molar-refractivity contribution in [3.8, 4) is 10.4 Å². The van der Waals surface area contributed by atoms with E-state index in [1.807, 2.05) is 85.5 Å². The number of nitrogens with one attached hydrogen (secondary N) is 1. The summed E-state index contributed by atoms with van der Waals surface area (Å²) in [7, 11) is 5.73. The van der Waals surface area contributed by atoms with Crippen LogP contribution in [0.15, 0.2) is 54.6 Å². The molecule has 2 amide bonds. The van der Waals surface area contributed by atoms with Crippen LogP contribution in [-0.4, -0.2) is 63.7 Å². The quantitative estimate of drug-likeness (QED) is 0.396. The molecule has 2 aromatic carbocycles. The van der Waals surface area contributed by atoms with Crippen LogP contribution in [0.1, 0.15) is 47.2 Å². The number of para-hydroxylation sites is 1. The average molecular weight is 529 g/mol. The van der Waals surface area contributed by atoms with Crippen LogP contribution in [0.25, 0.3) is 21.3 Å². The average Bonchev–Trinajstić information content (AvgIpc) is 3.67. The first kappa shape index (κ1) is 24.6. The number of piperidine rings is 1. The minimum Gasteiger partial charge on any atom is -0.354 e. The normalized spacial score (nSPS) is 22.3. The number of hydrogen-bond donors (Lipinski definition) is 1. The van der Waals surface area contributed by atoms with Gasteiger partial charge in [0.2, 0.25) is 0 Å². The van der Waals surface area contributed by atoms with E-state index >= 15 is 0 Å². The predicted molar refractivity (Wildman–Crippen MR) is 151 cm³/mol. The third-order valence-corrected chi connectivity index (χ3v) is 9.39. The van der Waals surface area contributed by atoms with Crippen molar-refractivity contribution in [2.75, 3.05) is 25.5 Å². The van der Waals surface area contributed by atoms with Crippen LogP contribution in [0.2, 0.25) is 0 Å². The summed E-state index contributed by atoms with van der Waals surface area (Å²) in [5.74, 6) is 0.0768. The minimum absolute atomic E-state index is 0.0552. The zero-order valence-electron chi connectivity index (χ0n) is 22.1. The number of aryl methyl sites for hydroxylation is 1. The lowest BCUT2D eigenvalue weighted by molar-refractivity contribution is 0.0414. The molecule has 0 radical (unpaired) electrons. The first-order valence-corrected chi connectivity index (χ1v) is 13.9. The molecule has 1 aliphatic carbocycles. The standard InChI is InChI=1S/C29H32N6O2S/c1-29-15-14-19(16-29)22(17-30-26(36)23-20-12-8-9-13-21(20)34(4)32-23)35(29)27(37)24-25(18-10-6-5-7-11-18)38-28(31-24)33(2)3/h5-13,19,22H,14-17H2,1-4H3,(H,30,36)/t19-,22+,29+/m0/s1. The monoisotopic (exact) mass is 528 g/mol. The second-order valence-corrected chi connectivity index (χ2v) is 11.9. The molecule has 0 unspecified atom stereocenters. The van der Waals surface area contributed by atoms with Crippen molar-refractivity contribution in [2.45, 2.75) is 37.8 Å². The maximum atomic E-state index is 14.3. The van der Waals surface area contributed by atoms with Gasteiger partial charge >= 0.3 is 0 Å². The summed E-state index contributed by atoms with van der Waals surface area (Å²) in [6.07, 6.45) is 2.96. The lowest BCUT2D eigenvalue weighted by Crippen LogP contribution is -2.55. The molecule has 1 aliphatic heterocycles. The molecule has 38 heavy (non-hydrogen) atoms. The maximum Gasteiger partial charge on any atom is 0.274 e. The topological polar surface area (TPSA) is 83.4 Å². The van der Waals surface area contributed by atoms with Crippen LogP contribution in [0.4, 0.5) is 5.13 Å². The van der Waals surface area contributed by atoms with Gasteiger partial charge in [0.1, 0.15) is 5.69 Å². The molecule has 196 valence electrons. The number of fused-ring (bicyclic) bond motifs is 3. The zero-order valence-corrected chi connectivity index (χ0v) is 23.0. The highest BCUT2D eigenvalue weighted by Gasteiger charge is 2.56. The lowest BCUT2D eigenvalue weighted by Gasteiger charge is -2.41. The second kappa shape index (κ2) is 9.23. The van der Waals surface area contributed by atoms with Crippen molar-refractivity contribution in [2.24, 2.45) is 13.0 Å². The largest absolute Gasteiger partial charge is 0.354 e. The van der Waals surface area contributed by atoms with E-state index in [0.29, 0.717) is 23.9 Å². The third-order valence-electron chi connectivity index (χ3n) is 8.11. The summed E-state index contributed by atoms with van der Waals surface area (Å²) >= 11 is 1.53. The fourth-order valence-corrected chi connectivity index (χ4v) is 7.27. The van der Waals surface area contributed by atoms with Gasteiger partial charge in [-0.25, -0.2) is 4.98 Å². The van der Waals surface area contributed by atoms with E-state index in [-0.39, 0.29) is 23.4 Å². The van der Waals surface area contributed by atoms with Gasteiger partial charge in [-0.05, 0) is 43.7 Å². The fraction of sp³-hybridized carbons (Fsp3) is 0.379. The number of amides is 2. The van der Waals surface area contributed by atoms with E-state index in [1.165, 1.54) is 11.3 Å². The van der Waals surface area contributed by atoms with Crippen molar-refractivity contribution in [3.05, 3.63) is 66.0 Å². The summed E-state index contributed by atoms with van der Waals surface area (Å²) in [4.78, 5) is 37.2. The van der Waals surface area contributed by atoms with E-state index in [2.05, 4.69) is 17.3 Å². The molecule has 0 spiro atoms. The molecule has 1 saturated heterocycles. The van der Waals surface area contributed by atoms with Gasteiger partial charge in [-0.15, -0.1) is 0 Å². The van der Waals surface area contributed by atoms with Gasteiger partial charge in [0.15, 0.2) is 10.8 Å². The van der Waals surface area contributed by atoms with Gasteiger partial charge in [0.05, 0.1) is 16.4 Å². The fourth-order valence-electron chi connectivity index (χ4n) is 6.28. The Morgan fingerprint density at radius 3 is 2.61 bits per heavy atom. The van der Waals surface area contributed by atoms with Crippen LogP contribution in [-0.2, 0) is 7.05 Å². The molecule has 3 atom stereocenters. The Labute approximate surface area is 226 Å². The highest BCUT2D eigenvalue weighted by Crippen LogP contribution is 2.51. The zero-order chi connectivity index (χ0) is 26.6. The number of hydrogen-bond acceptors (Lipinski definition) is 6. The van der Waals surface area contributed by atoms with Gasteiger partial charge in [-0.3, -0.25) is 14.3 Å². The van der Waals surface area contributed by atoms with Crippen molar-refractivity contribution in [1.82, 2.24) is 25.0 Å². The number of thiazole rings is 1. The molecular formula is C29H32N6O2S. The molecule has 3 heterocycles. The van der Waals surface area contributed by atoms with Gasteiger partial charge in [0, 0.05) is 38.6 Å². The molecular weight excluding hydrogens is 496 g/mol. The van der Waals surface area contributed by atoms with Crippen molar-refractivity contribution < 1.29 is 9.59 Å². The van der Waals surface area contributed by atoms with Gasteiger partial charge < -0.3 is 15.1 Å². The number of benzene rings is 2. The van der Waals surface area contributed by atoms with Gasteiger partial charge in [0.25, 0.3) is 11.8 Å². The summed E-state index contributed by atoms with van der Waals surface area (Å²) in [6.45, 7) is 2.57. The number of rotatable bonds is 6. The van der Waals surface area contributed by atoms with Crippen LogP contribution in [0.3, 0.4) is 0 Å². The minimum atomic E-state index is -0.245. The predicted octanol–water partition coefficient (Wildman–Crippen LogP) is 4.58. The Kier molecular flexibility index (Phi) is 5.98. The molecule has 2 aromatic heterocycles. The van der Waals surface area contributed by atoms with E-state index in [0.717, 1.165) is 45.7 Å². The summed E-state index contributed by atoms with van der Waals surface area (Å²) in [5.41, 5.74) is 2.56. The summed E-state index contributed by atoms with van der Waals surface area (Å²) < 4.78 is 1.73. The Bertz CT molecular complexity index is 1530. The molecule has 1 saturated carbocycles. The molecule has 4 aromatic rings. The SMILES string of the molecule is CN(C)c1nc(C(=O)N2[C@H](CNC(=O)c3nn(C)c4ccccc34)[C@H]3CC[C@]2(C)C3)c(-c2ccccc2)s1. The Balaban J connectivity index is 1.30. The first-order valence-electron chi connectivity index (χ1n) is 13.0. The maximum absolute atomic E-state index is 14.3. The van der Waals surface area contributed by atoms with Crippen molar-refractivity contribution in [1.29, 1.82) is 0 Å². The van der Waals surface area contributed by atoms with Gasteiger partial charge in [-0.2, -0.15) is 5.10 Å². The molecule has 1 N–H and O–H groups in total. The molecule has 2 aliphatic rings. The van der Waals surface area contributed by atoms with Crippen LogP contribution < -0.4 is 10.2 Å². The molecule has 9 heteroatoms. The lowest BCUT2D eigenvalue weighted by atomic mass is 9.95. The number of likely N-dealkylation sites (tertiary alicyclic amines) is 1. The Morgan fingerprint density at radius 2 is 1.84 bits per heavy atom. The molecule has 8 nitrogen and oxygen atoms in total. The van der Waals surface area contributed by atoms with Crippen LogP contribution in [0.5, 0.6) is 0 Å².